The van der Waals surface area contributed by atoms with Gasteiger partial charge in [0.1, 0.15) is 0 Å². The molecule has 2 rings (SSSR count). The molecular formula is C15H22N4. The monoisotopic (exact) mass is 258 g/mol. The van der Waals surface area contributed by atoms with E-state index in [9.17, 15) is 0 Å². The summed E-state index contributed by atoms with van der Waals surface area (Å²) in [4.78, 5) is 0. The van der Waals surface area contributed by atoms with Crippen LogP contribution in [0.1, 0.15) is 24.0 Å². The molecule has 1 atom stereocenters. The number of benzene rings is 1. The first kappa shape index (κ1) is 13.8. The summed E-state index contributed by atoms with van der Waals surface area (Å²) in [5.74, 6) is 5.63. The molecule has 0 saturated carbocycles. The molecule has 0 aliphatic carbocycles. The number of nitrogens with two attached hydrogens (primary N) is 1. The molecule has 0 aliphatic heterocycles. The fraction of sp³-hybridized carbons (Fsp3) is 0.400. The van der Waals surface area contributed by atoms with E-state index < -0.39 is 0 Å². The summed E-state index contributed by atoms with van der Waals surface area (Å²) >= 11 is 0. The quantitative estimate of drug-likeness (QED) is 0.588. The van der Waals surface area contributed by atoms with E-state index in [1.807, 2.05) is 24.1 Å². The molecule has 102 valence electrons. The van der Waals surface area contributed by atoms with Crippen molar-refractivity contribution < 1.29 is 0 Å². The Kier molecular flexibility index (Phi) is 5.12. The van der Waals surface area contributed by atoms with E-state index in [-0.39, 0.29) is 0 Å². The highest BCUT2D eigenvalue weighted by Gasteiger charge is 2.08. The van der Waals surface area contributed by atoms with Gasteiger partial charge in [-0.05, 0) is 36.8 Å². The van der Waals surface area contributed by atoms with Crippen LogP contribution in [-0.4, -0.2) is 15.8 Å². The van der Waals surface area contributed by atoms with Crippen molar-refractivity contribution in [3.63, 3.8) is 0 Å². The zero-order valence-electron chi connectivity index (χ0n) is 11.4. The summed E-state index contributed by atoms with van der Waals surface area (Å²) in [6.07, 6.45) is 8.19. The second-order valence-electron chi connectivity index (χ2n) is 4.97. The molecule has 0 amide bonds. The second-order valence-corrected chi connectivity index (χ2v) is 4.97. The number of nitrogens with zero attached hydrogens (tertiary/aromatic N) is 2. The minimum absolute atomic E-state index is 0.313. The Morgan fingerprint density at radius 2 is 2.05 bits per heavy atom. The van der Waals surface area contributed by atoms with Gasteiger partial charge in [-0.1, -0.05) is 30.3 Å². The van der Waals surface area contributed by atoms with E-state index in [1.54, 1.807) is 0 Å². The zero-order chi connectivity index (χ0) is 13.5. The summed E-state index contributed by atoms with van der Waals surface area (Å²) in [5.41, 5.74) is 5.52. The summed E-state index contributed by atoms with van der Waals surface area (Å²) < 4.78 is 1.83. The third kappa shape index (κ3) is 4.50. The Balaban J connectivity index is 1.76. The van der Waals surface area contributed by atoms with Gasteiger partial charge in [0.25, 0.3) is 0 Å². The normalized spacial score (nSPS) is 12.5. The lowest BCUT2D eigenvalue weighted by Gasteiger charge is -2.14. The molecule has 1 unspecified atom stereocenters. The van der Waals surface area contributed by atoms with Gasteiger partial charge >= 0.3 is 0 Å². The number of hydrogen-bond acceptors (Lipinski definition) is 3. The number of rotatable bonds is 7. The van der Waals surface area contributed by atoms with Crippen LogP contribution in [0.25, 0.3) is 0 Å². The lowest BCUT2D eigenvalue weighted by Crippen LogP contribution is -2.36. The van der Waals surface area contributed by atoms with Gasteiger partial charge in [-0.3, -0.25) is 16.0 Å². The molecule has 4 heteroatoms. The smallest absolute Gasteiger partial charge is 0.0522 e. The molecular weight excluding hydrogens is 236 g/mol. The molecule has 0 aliphatic rings. The van der Waals surface area contributed by atoms with Crippen LogP contribution in [0.15, 0.2) is 42.7 Å². The van der Waals surface area contributed by atoms with Crippen molar-refractivity contribution in [2.45, 2.75) is 31.7 Å². The van der Waals surface area contributed by atoms with E-state index in [4.69, 9.17) is 5.84 Å². The lowest BCUT2D eigenvalue weighted by atomic mass is 10.0. The first-order valence-corrected chi connectivity index (χ1v) is 6.75. The van der Waals surface area contributed by atoms with Crippen molar-refractivity contribution in [1.82, 2.24) is 15.2 Å². The SMILES string of the molecule is Cn1cc(CC(CCCc2ccccc2)NN)cn1. The summed E-state index contributed by atoms with van der Waals surface area (Å²) in [6, 6.07) is 10.9. The number of nitrogens with one attached hydrogen (secondary N) is 1. The van der Waals surface area contributed by atoms with E-state index in [1.165, 1.54) is 11.1 Å². The van der Waals surface area contributed by atoms with Crippen LogP contribution >= 0.6 is 0 Å². The van der Waals surface area contributed by atoms with E-state index >= 15 is 0 Å². The van der Waals surface area contributed by atoms with Crippen LogP contribution in [-0.2, 0) is 19.9 Å². The van der Waals surface area contributed by atoms with E-state index in [0.717, 1.165) is 25.7 Å². The molecule has 1 heterocycles. The van der Waals surface area contributed by atoms with Gasteiger partial charge in [0, 0.05) is 19.3 Å². The summed E-state index contributed by atoms with van der Waals surface area (Å²) in [5, 5.41) is 4.18. The van der Waals surface area contributed by atoms with Gasteiger partial charge < -0.3 is 0 Å². The third-order valence-corrected chi connectivity index (χ3v) is 3.34. The van der Waals surface area contributed by atoms with Crippen LogP contribution < -0.4 is 11.3 Å². The number of aromatic nitrogens is 2. The molecule has 4 nitrogen and oxygen atoms in total. The standard InChI is InChI=1S/C15H22N4/c1-19-12-14(11-17-19)10-15(18-16)9-5-8-13-6-3-2-4-7-13/h2-4,6-7,11-12,15,18H,5,8-10,16H2,1H3. The number of hydrogen-bond donors (Lipinski definition) is 2. The average Bonchev–Trinajstić information content (AvgIpc) is 2.84. The van der Waals surface area contributed by atoms with Gasteiger partial charge in [-0.2, -0.15) is 5.10 Å². The molecule has 0 fully saturated rings. The minimum atomic E-state index is 0.313. The van der Waals surface area contributed by atoms with Crippen molar-refractivity contribution in [3.05, 3.63) is 53.9 Å². The van der Waals surface area contributed by atoms with Crippen LogP contribution in [0, 0.1) is 0 Å². The maximum atomic E-state index is 5.63. The van der Waals surface area contributed by atoms with Crippen LogP contribution in [0.4, 0.5) is 0 Å². The molecule has 0 saturated heterocycles. The molecule has 1 aromatic heterocycles. The molecule has 3 N–H and O–H groups in total. The highest BCUT2D eigenvalue weighted by Crippen LogP contribution is 2.10. The van der Waals surface area contributed by atoms with Crippen LogP contribution in [0.2, 0.25) is 0 Å². The van der Waals surface area contributed by atoms with Crippen molar-refractivity contribution in [3.8, 4) is 0 Å². The fourth-order valence-corrected chi connectivity index (χ4v) is 2.30. The summed E-state index contributed by atoms with van der Waals surface area (Å²) in [7, 11) is 1.93. The molecule has 1 aromatic carbocycles. The van der Waals surface area contributed by atoms with Gasteiger partial charge in [0.2, 0.25) is 0 Å². The van der Waals surface area contributed by atoms with Gasteiger partial charge in [-0.25, -0.2) is 0 Å². The lowest BCUT2D eigenvalue weighted by molar-refractivity contribution is 0.476. The van der Waals surface area contributed by atoms with Crippen molar-refractivity contribution in [2.24, 2.45) is 12.9 Å². The first-order valence-electron chi connectivity index (χ1n) is 6.75. The maximum Gasteiger partial charge on any atom is 0.0522 e. The molecule has 0 bridgehead atoms. The topological polar surface area (TPSA) is 55.9 Å². The Morgan fingerprint density at radius 3 is 2.68 bits per heavy atom. The Bertz CT molecular complexity index is 478. The van der Waals surface area contributed by atoms with Crippen molar-refractivity contribution >= 4 is 0 Å². The van der Waals surface area contributed by atoms with Crippen LogP contribution in [0.5, 0.6) is 0 Å². The Morgan fingerprint density at radius 1 is 1.26 bits per heavy atom. The molecule has 19 heavy (non-hydrogen) atoms. The predicted octanol–water partition coefficient (Wildman–Crippen LogP) is 1.82. The van der Waals surface area contributed by atoms with Gasteiger partial charge in [-0.15, -0.1) is 0 Å². The summed E-state index contributed by atoms with van der Waals surface area (Å²) in [6.45, 7) is 0. The van der Waals surface area contributed by atoms with Crippen molar-refractivity contribution in [1.29, 1.82) is 0 Å². The van der Waals surface area contributed by atoms with Crippen LogP contribution in [0.3, 0.4) is 0 Å². The average molecular weight is 258 g/mol. The molecule has 2 aromatic rings. The van der Waals surface area contributed by atoms with Crippen molar-refractivity contribution in [2.75, 3.05) is 0 Å². The van der Waals surface area contributed by atoms with Gasteiger partial charge in [0.05, 0.1) is 6.20 Å². The third-order valence-electron chi connectivity index (χ3n) is 3.34. The first-order chi connectivity index (χ1) is 9.28. The highest BCUT2D eigenvalue weighted by molar-refractivity contribution is 5.14. The molecule has 0 radical (unpaired) electrons. The van der Waals surface area contributed by atoms with E-state index in [0.29, 0.717) is 6.04 Å². The Labute approximate surface area is 114 Å². The van der Waals surface area contributed by atoms with Gasteiger partial charge in [0.15, 0.2) is 0 Å². The predicted molar refractivity (Wildman–Crippen MR) is 77.4 cm³/mol. The number of hydrazine groups is 1. The van der Waals surface area contributed by atoms with E-state index in [2.05, 4.69) is 40.9 Å². The number of aryl methyl sites for hydroxylation is 2. The minimum Gasteiger partial charge on any atom is -0.276 e. The largest absolute Gasteiger partial charge is 0.276 e. The molecule has 0 spiro atoms. The highest BCUT2D eigenvalue weighted by atomic mass is 15.2. The maximum absolute atomic E-state index is 5.63. The zero-order valence-corrected chi connectivity index (χ0v) is 11.4. The Hall–Kier alpha value is -1.65. The fourth-order valence-electron chi connectivity index (χ4n) is 2.30. The second kappa shape index (κ2) is 7.07.